The first-order valence-corrected chi connectivity index (χ1v) is 10.6. The monoisotopic (exact) mass is 380 g/mol. The van der Waals surface area contributed by atoms with Crippen LogP contribution in [0.3, 0.4) is 0 Å². The largest absolute Gasteiger partial charge is 0.375 e. The Hall–Kier alpha value is -1.50. The fourth-order valence-corrected chi connectivity index (χ4v) is 4.35. The summed E-state index contributed by atoms with van der Waals surface area (Å²) in [7, 11) is 0. The Morgan fingerprint density at radius 3 is 2.19 bits per heavy atom. The van der Waals surface area contributed by atoms with Crippen molar-refractivity contribution in [1.82, 2.24) is 20.4 Å². The molecule has 1 unspecified atom stereocenters. The van der Waals surface area contributed by atoms with Crippen molar-refractivity contribution in [2.75, 3.05) is 19.7 Å². The number of rotatable bonds is 4. The van der Waals surface area contributed by atoms with Gasteiger partial charge in [0.05, 0.1) is 5.60 Å². The molecule has 1 saturated carbocycles. The molecule has 27 heavy (non-hydrogen) atoms. The highest BCUT2D eigenvalue weighted by Gasteiger charge is 2.46. The van der Waals surface area contributed by atoms with Crippen molar-refractivity contribution >= 4 is 12.1 Å². The van der Waals surface area contributed by atoms with Gasteiger partial charge in [0.1, 0.15) is 0 Å². The lowest BCUT2D eigenvalue weighted by Crippen LogP contribution is -2.58. The number of hydrogen-bond donors (Lipinski definition) is 2. The van der Waals surface area contributed by atoms with Crippen LogP contribution in [0.5, 0.6) is 0 Å². The van der Waals surface area contributed by atoms with Gasteiger partial charge in [0.15, 0.2) is 0 Å². The minimum atomic E-state index is -0.192. The summed E-state index contributed by atoms with van der Waals surface area (Å²) in [5.41, 5.74) is -0.192. The van der Waals surface area contributed by atoms with Gasteiger partial charge >= 0.3 is 12.1 Å². The van der Waals surface area contributed by atoms with E-state index in [1.807, 2.05) is 32.6 Å². The molecule has 2 heterocycles. The molecule has 4 amide bonds. The number of ether oxygens (including phenoxy) is 1. The molecule has 2 saturated heterocycles. The number of amides is 4. The van der Waals surface area contributed by atoms with E-state index >= 15 is 0 Å². The second kappa shape index (κ2) is 8.25. The van der Waals surface area contributed by atoms with E-state index < -0.39 is 0 Å². The predicted octanol–water partition coefficient (Wildman–Crippen LogP) is 2.70. The van der Waals surface area contributed by atoms with Crippen LogP contribution >= 0.6 is 0 Å². The van der Waals surface area contributed by atoms with Gasteiger partial charge in [0.25, 0.3) is 0 Å². The van der Waals surface area contributed by atoms with E-state index in [2.05, 4.69) is 15.5 Å². The number of urea groups is 2. The average Bonchev–Trinajstić information content (AvgIpc) is 3.39. The molecule has 0 radical (unpaired) electrons. The van der Waals surface area contributed by atoms with Crippen molar-refractivity contribution in [3.8, 4) is 0 Å². The van der Waals surface area contributed by atoms with Crippen molar-refractivity contribution in [2.24, 2.45) is 0 Å². The molecule has 154 valence electrons. The molecule has 3 fully saturated rings. The molecular formula is C20H36N4O3. The SMILES string of the molecule is CC(C)NC(=O)N1CCC2(CC1)CC(N(C(=O)NC(C)C)C1CC1)CCO2. The van der Waals surface area contributed by atoms with Gasteiger partial charge in [0, 0.05) is 43.9 Å². The summed E-state index contributed by atoms with van der Waals surface area (Å²) in [6, 6.07) is 1.01. The molecular weight excluding hydrogens is 344 g/mol. The summed E-state index contributed by atoms with van der Waals surface area (Å²) in [6.45, 7) is 10.1. The molecule has 0 aromatic rings. The Bertz CT molecular complexity index is 539. The van der Waals surface area contributed by atoms with Crippen molar-refractivity contribution in [3.63, 3.8) is 0 Å². The Morgan fingerprint density at radius 1 is 1.00 bits per heavy atom. The second-order valence-electron chi connectivity index (χ2n) is 9.01. The van der Waals surface area contributed by atoms with E-state index in [0.717, 1.165) is 38.5 Å². The first-order chi connectivity index (χ1) is 12.8. The molecule has 7 nitrogen and oxygen atoms in total. The van der Waals surface area contributed by atoms with Gasteiger partial charge in [-0.2, -0.15) is 0 Å². The molecule has 0 aromatic carbocycles. The van der Waals surface area contributed by atoms with Gasteiger partial charge in [0.2, 0.25) is 0 Å². The van der Waals surface area contributed by atoms with E-state index in [0.29, 0.717) is 25.7 Å². The number of hydrogen-bond acceptors (Lipinski definition) is 3. The topological polar surface area (TPSA) is 73.9 Å². The van der Waals surface area contributed by atoms with Crippen LogP contribution in [0.4, 0.5) is 9.59 Å². The third kappa shape index (κ3) is 5.06. The highest BCUT2D eigenvalue weighted by molar-refractivity contribution is 5.76. The summed E-state index contributed by atoms with van der Waals surface area (Å²) < 4.78 is 6.24. The Kier molecular flexibility index (Phi) is 6.18. The van der Waals surface area contributed by atoms with Gasteiger partial charge in [-0.05, 0) is 66.2 Å². The van der Waals surface area contributed by atoms with Crippen molar-refractivity contribution in [3.05, 3.63) is 0 Å². The van der Waals surface area contributed by atoms with Crippen molar-refractivity contribution in [2.45, 2.75) is 96.0 Å². The first kappa shape index (κ1) is 20.2. The molecule has 1 aliphatic carbocycles. The Balaban J connectivity index is 1.60. The van der Waals surface area contributed by atoms with E-state index in [1.165, 1.54) is 0 Å². The maximum absolute atomic E-state index is 12.8. The molecule has 2 N–H and O–H groups in total. The number of nitrogens with zero attached hydrogens (tertiary/aromatic N) is 2. The third-order valence-electron chi connectivity index (χ3n) is 5.82. The molecule has 0 aromatic heterocycles. The van der Waals surface area contributed by atoms with Crippen LogP contribution < -0.4 is 10.6 Å². The molecule has 3 aliphatic rings. The fraction of sp³-hybridized carbons (Fsp3) is 0.900. The maximum Gasteiger partial charge on any atom is 0.318 e. The van der Waals surface area contributed by atoms with Gasteiger partial charge in [-0.25, -0.2) is 9.59 Å². The normalized spacial score (nSPS) is 25.0. The molecule has 3 rings (SSSR count). The Morgan fingerprint density at radius 2 is 1.63 bits per heavy atom. The lowest BCUT2D eigenvalue weighted by Gasteiger charge is -2.48. The molecule has 2 aliphatic heterocycles. The number of piperidine rings is 1. The first-order valence-electron chi connectivity index (χ1n) is 10.6. The summed E-state index contributed by atoms with van der Waals surface area (Å²) in [5, 5.41) is 6.05. The minimum absolute atomic E-state index is 0.0168. The van der Waals surface area contributed by atoms with Crippen LogP contribution in [0.1, 0.15) is 66.2 Å². The van der Waals surface area contributed by atoms with Crippen molar-refractivity contribution < 1.29 is 14.3 Å². The molecule has 1 atom stereocenters. The predicted molar refractivity (Wildman–Crippen MR) is 105 cm³/mol. The number of carbonyl (C=O) groups excluding carboxylic acids is 2. The summed E-state index contributed by atoms with van der Waals surface area (Å²) in [6.07, 6.45) is 5.70. The zero-order valence-corrected chi connectivity index (χ0v) is 17.3. The van der Waals surface area contributed by atoms with Gasteiger partial charge < -0.3 is 25.2 Å². The van der Waals surface area contributed by atoms with Crippen LogP contribution in [-0.4, -0.2) is 71.3 Å². The maximum atomic E-state index is 12.8. The van der Waals surface area contributed by atoms with E-state index in [1.54, 1.807) is 0 Å². The second-order valence-corrected chi connectivity index (χ2v) is 9.01. The highest BCUT2D eigenvalue weighted by Crippen LogP contribution is 2.40. The zero-order valence-electron chi connectivity index (χ0n) is 17.3. The zero-order chi connectivity index (χ0) is 19.6. The van der Waals surface area contributed by atoms with Crippen molar-refractivity contribution in [1.29, 1.82) is 0 Å². The van der Waals surface area contributed by atoms with Gasteiger partial charge in [-0.3, -0.25) is 0 Å². The molecule has 1 spiro atoms. The van der Waals surface area contributed by atoms with E-state index in [9.17, 15) is 9.59 Å². The average molecular weight is 381 g/mol. The lowest BCUT2D eigenvalue weighted by molar-refractivity contribution is -0.125. The molecule has 7 heteroatoms. The van der Waals surface area contributed by atoms with Crippen LogP contribution in [0.25, 0.3) is 0 Å². The van der Waals surface area contributed by atoms with Crippen LogP contribution in [-0.2, 0) is 4.74 Å². The van der Waals surface area contributed by atoms with Crippen LogP contribution in [0.15, 0.2) is 0 Å². The number of likely N-dealkylation sites (tertiary alicyclic amines) is 1. The Labute approximate surface area is 163 Å². The summed E-state index contributed by atoms with van der Waals surface area (Å²) in [4.78, 5) is 29.0. The van der Waals surface area contributed by atoms with Gasteiger partial charge in [-0.15, -0.1) is 0 Å². The minimum Gasteiger partial charge on any atom is -0.375 e. The van der Waals surface area contributed by atoms with Crippen LogP contribution in [0.2, 0.25) is 0 Å². The highest BCUT2D eigenvalue weighted by atomic mass is 16.5. The fourth-order valence-electron chi connectivity index (χ4n) is 4.35. The smallest absolute Gasteiger partial charge is 0.318 e. The standard InChI is InChI=1S/C20H36N4O3/c1-14(2)21-18(25)23-10-8-20(9-11-23)13-17(7-12-27-20)24(16-5-6-16)19(26)22-15(3)4/h14-17H,5-13H2,1-4H3,(H,21,25)(H,22,26). The quantitative estimate of drug-likeness (QED) is 0.787. The van der Waals surface area contributed by atoms with E-state index in [-0.39, 0.29) is 35.8 Å². The van der Waals surface area contributed by atoms with Crippen LogP contribution in [0, 0.1) is 0 Å². The van der Waals surface area contributed by atoms with Gasteiger partial charge in [-0.1, -0.05) is 0 Å². The molecule has 0 bridgehead atoms. The summed E-state index contributed by atoms with van der Waals surface area (Å²) in [5.74, 6) is 0. The van der Waals surface area contributed by atoms with E-state index in [4.69, 9.17) is 4.74 Å². The lowest BCUT2D eigenvalue weighted by atomic mass is 9.82. The number of nitrogens with one attached hydrogen (secondary N) is 2. The summed E-state index contributed by atoms with van der Waals surface area (Å²) >= 11 is 0. The third-order valence-corrected chi connectivity index (χ3v) is 5.82. The number of carbonyl (C=O) groups is 2.